The predicted octanol–water partition coefficient (Wildman–Crippen LogP) is 10.4. The largest absolute Gasteiger partial charge is 0.473 e. The third-order valence-electron chi connectivity index (χ3n) is 15.3. The molecule has 6 aliphatic heterocycles. The molecular formula is C71H65N19O6. The van der Waals surface area contributed by atoms with Crippen LogP contribution in [0.15, 0.2) is 251 Å². The molecule has 18 heterocycles. The fourth-order valence-corrected chi connectivity index (χ4v) is 10.5. The molecule has 0 spiro atoms. The Labute approximate surface area is 554 Å². The van der Waals surface area contributed by atoms with Gasteiger partial charge in [0, 0.05) is 139 Å². The monoisotopic (exact) mass is 1280 g/mol. The molecule has 0 unspecified atom stereocenters. The molecule has 0 radical (unpaired) electrons. The maximum Gasteiger partial charge on any atom is 0.228 e. The summed E-state index contributed by atoms with van der Waals surface area (Å²) in [5, 5.41) is 0. The van der Waals surface area contributed by atoms with Crippen molar-refractivity contribution in [2.75, 3.05) is 69.8 Å². The van der Waals surface area contributed by atoms with Crippen LogP contribution >= 0.6 is 0 Å². The zero-order valence-corrected chi connectivity index (χ0v) is 52.1. The molecule has 0 aromatic carbocycles. The van der Waals surface area contributed by atoms with Gasteiger partial charge in [-0.25, -0.2) is 19.9 Å². The topological polar surface area (TPSA) is 242 Å². The van der Waals surface area contributed by atoms with Crippen molar-refractivity contribution in [3.8, 4) is 34.5 Å². The van der Waals surface area contributed by atoms with Crippen molar-refractivity contribution in [1.82, 2.24) is 64.8 Å². The fourth-order valence-electron chi connectivity index (χ4n) is 10.5. The van der Waals surface area contributed by atoms with Gasteiger partial charge in [-0.1, -0.05) is 12.1 Å². The molecule has 0 atom stereocenters. The van der Waals surface area contributed by atoms with Crippen LogP contribution in [-0.2, 0) is 39.3 Å². The van der Waals surface area contributed by atoms with E-state index in [9.17, 15) is 0 Å². The Morgan fingerprint density at radius 3 is 1.04 bits per heavy atom. The molecule has 25 nitrogen and oxygen atoms in total. The van der Waals surface area contributed by atoms with Gasteiger partial charge in [-0.15, -0.1) is 0 Å². The summed E-state index contributed by atoms with van der Waals surface area (Å²) in [5.74, 6) is 7.94. The van der Waals surface area contributed by atoms with Crippen molar-refractivity contribution in [2.24, 2.45) is 0 Å². The molecule has 12 aromatic heterocycles. The predicted molar refractivity (Wildman–Crippen MR) is 359 cm³/mol. The first-order valence-electron chi connectivity index (χ1n) is 30.7. The van der Waals surface area contributed by atoms with Crippen molar-refractivity contribution in [2.45, 2.75) is 39.3 Å². The minimum Gasteiger partial charge on any atom is -0.473 e. The van der Waals surface area contributed by atoms with Gasteiger partial charge in [-0.05, 0) is 115 Å². The first-order valence-corrected chi connectivity index (χ1v) is 30.7. The van der Waals surface area contributed by atoms with Gasteiger partial charge in [-0.3, -0.25) is 44.9 Å². The summed E-state index contributed by atoms with van der Waals surface area (Å²) in [6.45, 7) is 7.88. The van der Waals surface area contributed by atoms with E-state index in [4.69, 9.17) is 28.4 Å². The number of aromatic nitrogens is 13. The second-order valence-electron chi connectivity index (χ2n) is 21.7. The Bertz CT molecular complexity index is 3640. The number of pyridine rings is 11. The van der Waals surface area contributed by atoms with E-state index in [1.807, 2.05) is 163 Å². The van der Waals surface area contributed by atoms with Crippen molar-refractivity contribution in [3.63, 3.8) is 0 Å². The van der Waals surface area contributed by atoms with Crippen molar-refractivity contribution in [3.05, 3.63) is 285 Å². The molecule has 0 bridgehead atoms. The normalized spacial score (nSPS) is 14.1. The van der Waals surface area contributed by atoms with Gasteiger partial charge in [0.05, 0.1) is 63.0 Å². The molecule has 18 rings (SSSR count). The van der Waals surface area contributed by atoms with Crippen LogP contribution in [0.2, 0.25) is 0 Å². The van der Waals surface area contributed by atoms with Crippen LogP contribution in [0, 0.1) is 0 Å². The van der Waals surface area contributed by atoms with E-state index in [1.165, 1.54) is 0 Å². The summed E-state index contributed by atoms with van der Waals surface area (Å²) in [5.41, 5.74) is 9.54. The van der Waals surface area contributed by atoms with Crippen LogP contribution in [0.1, 0.15) is 33.6 Å². The average Bonchev–Trinajstić information content (AvgIpc) is 1.50. The summed E-state index contributed by atoms with van der Waals surface area (Å²) in [7, 11) is 0. The minimum absolute atomic E-state index is 0.473. The maximum absolute atomic E-state index is 5.66. The van der Waals surface area contributed by atoms with Crippen LogP contribution in [0.25, 0.3) is 0 Å². The molecule has 0 N–H and O–H groups in total. The van der Waals surface area contributed by atoms with E-state index in [0.717, 1.165) is 136 Å². The number of rotatable bonds is 6. The highest BCUT2D eigenvalue weighted by Crippen LogP contribution is 2.32. The number of hydrogen-bond acceptors (Lipinski definition) is 25. The molecule has 480 valence electrons. The number of nitrogens with zero attached hydrogens (tertiary/aromatic N) is 19. The van der Waals surface area contributed by atoms with Crippen molar-refractivity contribution in [1.29, 1.82) is 0 Å². The lowest BCUT2D eigenvalue weighted by atomic mass is 10.2. The molecule has 96 heavy (non-hydrogen) atoms. The highest BCUT2D eigenvalue weighted by Gasteiger charge is 2.24. The molecule has 12 aromatic rings. The fraction of sp³-hybridized carbons (Fsp3) is 0.169. The van der Waals surface area contributed by atoms with E-state index in [2.05, 4.69) is 89.3 Å². The molecular weight excluding hydrogens is 1210 g/mol. The maximum atomic E-state index is 5.66. The summed E-state index contributed by atoms with van der Waals surface area (Å²) >= 11 is 0. The number of fused-ring (bicyclic) bond motifs is 6. The Morgan fingerprint density at radius 1 is 0.229 bits per heavy atom. The third-order valence-corrected chi connectivity index (χ3v) is 15.3. The van der Waals surface area contributed by atoms with Crippen LogP contribution in [0.5, 0.6) is 34.5 Å². The molecule has 6 aliphatic rings. The molecule has 0 aliphatic carbocycles. The SMILES string of the molecule is c1cc(N2COc3ccncc3C2)ccn1.c1ccc(N2COc3cccnc3C2)nc1.c1ccc(N2COc3ccncc3C2)nc1.c1cnc(N2COc3ccncc3C2)nc1.c1cncc(N2COc3cccnc3C2)c1.c1cncc(N2COc3ccncc3C2)c1. The van der Waals surface area contributed by atoms with E-state index < -0.39 is 0 Å². The summed E-state index contributed by atoms with van der Waals surface area (Å²) in [6, 6.07) is 40.6. The smallest absolute Gasteiger partial charge is 0.228 e. The highest BCUT2D eigenvalue weighted by molar-refractivity contribution is 5.51. The Hall–Kier alpha value is -12.7. The van der Waals surface area contributed by atoms with Crippen LogP contribution in [-0.4, -0.2) is 105 Å². The second kappa shape index (κ2) is 31.6. The van der Waals surface area contributed by atoms with Gasteiger partial charge in [-0.2, -0.15) is 0 Å². The van der Waals surface area contributed by atoms with E-state index in [1.54, 1.807) is 92.8 Å². The number of hydrogen-bond donors (Lipinski definition) is 0. The minimum atomic E-state index is 0.473. The summed E-state index contributed by atoms with van der Waals surface area (Å²) in [4.78, 5) is 66.6. The lowest BCUT2D eigenvalue weighted by Gasteiger charge is -2.30. The van der Waals surface area contributed by atoms with Crippen molar-refractivity contribution < 1.29 is 28.4 Å². The van der Waals surface area contributed by atoms with E-state index in [0.29, 0.717) is 46.3 Å². The Morgan fingerprint density at radius 2 is 0.583 bits per heavy atom. The molecule has 0 saturated heterocycles. The standard InChI is InChI=1S/5C12H11N3O.C11H10N4O/c1-4-13-5-2-11(1)15-8-10-7-14-6-3-12(10)16-9-15;1-3-10(7-13-5-1)15-8-11-12(16-9-15)4-2-6-14-11;1-2-6-14-12(5-1)15-8-10-11(16-9-15)4-3-7-13-10;1-2-11(7-13-4-1)15-8-10-6-14-5-3-12(10)16-9-15;1-2-5-14-12(3-1)15-8-10-7-13-6-4-11(10)16-9-15;1-3-13-11(14-4-1)15-7-9-6-12-5-2-10(9)16-8-15/h5*1-7H,8-9H2;1-6H,7-8H2. The Balaban J connectivity index is 0.000000104. The van der Waals surface area contributed by atoms with Crippen molar-refractivity contribution >= 4 is 34.6 Å². The van der Waals surface area contributed by atoms with Gasteiger partial charge in [0.1, 0.15) is 57.5 Å². The lowest BCUT2D eigenvalue weighted by molar-refractivity contribution is 0.285. The van der Waals surface area contributed by atoms with E-state index >= 15 is 0 Å². The zero-order chi connectivity index (χ0) is 64.8. The molecule has 0 fully saturated rings. The second-order valence-corrected chi connectivity index (χ2v) is 21.7. The van der Waals surface area contributed by atoms with Gasteiger partial charge in [0.2, 0.25) is 5.95 Å². The average molecular weight is 1280 g/mol. The quantitative estimate of drug-likeness (QED) is 0.150. The van der Waals surface area contributed by atoms with Crippen LogP contribution in [0.4, 0.5) is 34.6 Å². The van der Waals surface area contributed by atoms with E-state index in [-0.39, 0.29) is 0 Å². The van der Waals surface area contributed by atoms with Gasteiger partial charge in [0.25, 0.3) is 0 Å². The first-order chi connectivity index (χ1) is 47.6. The van der Waals surface area contributed by atoms with Crippen LogP contribution < -0.4 is 57.8 Å². The van der Waals surface area contributed by atoms with Gasteiger partial charge < -0.3 is 57.8 Å². The Kier molecular flexibility index (Phi) is 20.4. The third kappa shape index (κ3) is 16.3. The lowest BCUT2D eigenvalue weighted by Crippen LogP contribution is -2.33. The first kappa shape index (κ1) is 62.2. The summed E-state index contributed by atoms with van der Waals surface area (Å²) in [6.07, 6.45) is 35.7. The molecule has 25 heteroatoms. The number of ether oxygens (including phenoxy) is 6. The van der Waals surface area contributed by atoms with Gasteiger partial charge >= 0.3 is 0 Å². The van der Waals surface area contributed by atoms with Crippen LogP contribution in [0.3, 0.4) is 0 Å². The number of anilines is 6. The summed E-state index contributed by atoms with van der Waals surface area (Å²) < 4.78 is 33.8. The molecule has 0 amide bonds. The zero-order valence-electron chi connectivity index (χ0n) is 52.1. The highest BCUT2D eigenvalue weighted by atomic mass is 16.5. The van der Waals surface area contributed by atoms with Gasteiger partial charge in [0.15, 0.2) is 40.4 Å². The molecule has 0 saturated carbocycles.